The van der Waals surface area contributed by atoms with Gasteiger partial charge in [0.2, 0.25) is 0 Å². The molecule has 1 unspecified atom stereocenters. The molecule has 168 valence electrons. The van der Waals surface area contributed by atoms with Crippen LogP contribution in [-0.4, -0.2) is 79.7 Å². The fourth-order valence-electron chi connectivity index (χ4n) is 3.23. The first-order chi connectivity index (χ1) is 19.7. The molecule has 0 saturated carbocycles. The minimum Gasteiger partial charge on any atom is -0.493 e. The lowest BCUT2D eigenvalue weighted by Gasteiger charge is -2.35. The predicted octanol–water partition coefficient (Wildman–Crippen LogP) is 2.48. The monoisotopic (exact) mass is 438 g/mol. The summed E-state index contributed by atoms with van der Waals surface area (Å²) in [4.78, 5) is 16.0. The lowest BCUT2D eigenvalue weighted by molar-refractivity contribution is -0.120. The van der Waals surface area contributed by atoms with Gasteiger partial charge in [-0.1, -0.05) is 30.3 Å². The molecule has 0 aromatic heterocycles. The molecule has 0 aliphatic carbocycles. The Labute approximate surface area is 202 Å². The van der Waals surface area contributed by atoms with Crippen LogP contribution in [0.25, 0.3) is 0 Å². The number of aliphatic hydroxyl groups is 1. The number of piperazine rings is 1. The maximum absolute atomic E-state index is 13.1. The Morgan fingerprint density at radius 2 is 1.84 bits per heavy atom. The maximum Gasteiger partial charge on any atom is 0.161 e. The fraction of sp³-hybridized carbons (Fsp3) is 0.480. The molecule has 2 aromatic carbocycles. The predicted molar refractivity (Wildman–Crippen MR) is 122 cm³/mol. The summed E-state index contributed by atoms with van der Waals surface area (Å²) < 4.78 is 107. The minimum absolute atomic E-state index is 0.0123. The van der Waals surface area contributed by atoms with E-state index in [4.69, 9.17) is 25.9 Å². The lowest BCUT2D eigenvalue weighted by Crippen LogP contribution is -2.50. The van der Waals surface area contributed by atoms with Gasteiger partial charge in [-0.25, -0.2) is 0 Å². The van der Waals surface area contributed by atoms with E-state index >= 15 is 0 Å². The van der Waals surface area contributed by atoms with Gasteiger partial charge in [0, 0.05) is 50.1 Å². The quantitative estimate of drug-likeness (QED) is 0.615. The van der Waals surface area contributed by atoms with Crippen LogP contribution in [0.3, 0.4) is 0 Å². The molecule has 2 aromatic rings. The number of benzene rings is 2. The first-order valence-electron chi connectivity index (χ1n) is 15.8. The maximum atomic E-state index is 13.1. The van der Waals surface area contributed by atoms with Crippen molar-refractivity contribution in [3.8, 4) is 11.5 Å². The van der Waals surface area contributed by atoms with Crippen LogP contribution in [-0.2, 0) is 11.2 Å². The number of ketones is 1. The minimum atomic E-state index is -3.00. The van der Waals surface area contributed by atoms with Crippen molar-refractivity contribution in [2.75, 3.05) is 52.9 Å². The summed E-state index contributed by atoms with van der Waals surface area (Å²) in [5.74, 6) is -0.0144. The molecule has 1 saturated heterocycles. The molecule has 6 heteroatoms. The zero-order valence-corrected chi connectivity index (χ0v) is 17.3. The van der Waals surface area contributed by atoms with Gasteiger partial charge in [0.05, 0.1) is 19.1 Å². The van der Waals surface area contributed by atoms with Crippen molar-refractivity contribution in [1.82, 2.24) is 9.80 Å². The van der Waals surface area contributed by atoms with Gasteiger partial charge in [0.1, 0.15) is 12.7 Å². The second-order valence-corrected chi connectivity index (χ2v) is 7.08. The van der Waals surface area contributed by atoms with E-state index in [9.17, 15) is 9.90 Å². The third kappa shape index (κ3) is 6.79. The number of methoxy groups -OCH3 is 1. The van der Waals surface area contributed by atoms with Gasteiger partial charge in [-0.3, -0.25) is 14.6 Å². The molecular weight excluding hydrogens is 392 g/mol. The van der Waals surface area contributed by atoms with Gasteiger partial charge in [0.15, 0.2) is 17.3 Å². The summed E-state index contributed by atoms with van der Waals surface area (Å²) in [6.45, 7) is -9.24. The van der Waals surface area contributed by atoms with Gasteiger partial charge in [-0.15, -0.1) is 0 Å². The third-order valence-corrected chi connectivity index (χ3v) is 4.85. The van der Waals surface area contributed by atoms with Crippen molar-refractivity contribution in [2.24, 2.45) is 0 Å². The zero-order valence-electron chi connectivity index (χ0n) is 29.3. The number of ether oxygens (including phenoxy) is 2. The van der Waals surface area contributed by atoms with E-state index in [1.807, 2.05) is 0 Å². The molecular formula is C25H34N2O4. The summed E-state index contributed by atoms with van der Waals surface area (Å²) in [6, 6.07) is 4.03. The highest BCUT2D eigenvalue weighted by Gasteiger charge is 2.21. The van der Waals surface area contributed by atoms with Crippen LogP contribution in [0, 0.1) is 13.7 Å². The number of hydrogen-bond acceptors (Lipinski definition) is 6. The Hall–Kier alpha value is -2.41. The highest BCUT2D eigenvalue weighted by molar-refractivity contribution is 5.83. The Kier molecular flexibility index (Phi) is 4.36. The van der Waals surface area contributed by atoms with Gasteiger partial charge < -0.3 is 14.6 Å². The van der Waals surface area contributed by atoms with E-state index in [0.29, 0.717) is 5.75 Å². The average Bonchev–Trinajstić information content (AvgIpc) is 2.89. The fourth-order valence-corrected chi connectivity index (χ4v) is 3.23. The molecule has 1 aliphatic heterocycles. The molecule has 31 heavy (non-hydrogen) atoms. The topological polar surface area (TPSA) is 62.2 Å². The van der Waals surface area contributed by atoms with Gasteiger partial charge in [-0.2, -0.15) is 0 Å². The van der Waals surface area contributed by atoms with Crippen LogP contribution in [0.4, 0.5) is 0 Å². The van der Waals surface area contributed by atoms with E-state index in [0.717, 1.165) is 0 Å². The van der Waals surface area contributed by atoms with Crippen molar-refractivity contribution in [2.45, 2.75) is 26.2 Å². The number of Topliss-reactive ketones (excluding diaryl/α,β-unsaturated/α-hetero) is 1. The van der Waals surface area contributed by atoms with Crippen LogP contribution in [0.15, 0.2) is 42.4 Å². The van der Waals surface area contributed by atoms with Gasteiger partial charge in [0.25, 0.3) is 0 Å². The van der Waals surface area contributed by atoms with E-state index in [-0.39, 0.29) is 38.5 Å². The molecule has 3 rings (SSSR count). The average molecular weight is 439 g/mol. The molecule has 0 radical (unpaired) electrons. The van der Waals surface area contributed by atoms with E-state index in [2.05, 4.69) is 0 Å². The van der Waals surface area contributed by atoms with Crippen molar-refractivity contribution in [3.05, 3.63) is 59.1 Å². The number of para-hydroxylation sites is 2. The Morgan fingerprint density at radius 3 is 2.48 bits per heavy atom. The smallest absolute Gasteiger partial charge is 0.161 e. The number of nitrogens with zero attached hydrogens (tertiary/aromatic N) is 2. The first-order valence-corrected chi connectivity index (χ1v) is 9.83. The summed E-state index contributed by atoms with van der Waals surface area (Å²) >= 11 is 0. The number of carbonyl (C=O) groups is 1. The first kappa shape index (κ1) is 12.0. The van der Waals surface area contributed by atoms with Crippen molar-refractivity contribution in [3.63, 3.8) is 0 Å². The third-order valence-electron chi connectivity index (χ3n) is 4.85. The van der Waals surface area contributed by atoms with E-state index in [1.165, 1.54) is 12.0 Å². The standard InChI is InChI=1S/C25H34N2O4/c1-19-7-6-8-20(2)23(19)15-21(28)16-26-11-13-27(14-12-26)17-22(29)18-31-25-10-5-4-9-24(25)30-3/h4-10,22,29H,11-18H2,1-3H3/i1D3,2D3,6D,7D,8D,17D2,22D. The largest absolute Gasteiger partial charge is 0.493 e. The molecule has 1 atom stereocenters. The van der Waals surface area contributed by atoms with Crippen molar-refractivity contribution >= 4 is 5.78 Å². The molecule has 0 bridgehead atoms. The van der Waals surface area contributed by atoms with Crippen LogP contribution in [0.1, 0.15) is 33.1 Å². The second kappa shape index (κ2) is 11.3. The van der Waals surface area contributed by atoms with Crippen molar-refractivity contribution in [1.29, 1.82) is 0 Å². The highest BCUT2D eigenvalue weighted by Crippen LogP contribution is 2.25. The SMILES string of the molecule is [2H]c1c([2H])c(C([2H])([2H])[2H])c(CC(=O)CN2CCN(C([2H])([2H])C([2H])(O)COc3ccccc3OC)CC2)c(C([2H])([2H])[2H])c1[2H]. The van der Waals surface area contributed by atoms with E-state index in [1.54, 1.807) is 29.2 Å². The second-order valence-electron chi connectivity index (χ2n) is 7.08. The summed E-state index contributed by atoms with van der Waals surface area (Å²) in [5, 5.41) is 10.7. The van der Waals surface area contributed by atoms with E-state index < -0.39 is 79.9 Å². The number of rotatable bonds is 10. The zero-order chi connectivity index (χ0) is 32.5. The molecule has 0 spiro atoms. The molecule has 1 heterocycles. The molecule has 6 nitrogen and oxygen atoms in total. The Bertz CT molecular complexity index is 1280. The van der Waals surface area contributed by atoms with Crippen molar-refractivity contribution < 1.29 is 35.8 Å². The van der Waals surface area contributed by atoms with Crippen LogP contribution in [0.2, 0.25) is 0 Å². The molecule has 1 N–H and O–H groups in total. The van der Waals surface area contributed by atoms with Crippen LogP contribution in [0.5, 0.6) is 11.5 Å². The number of carbonyl (C=O) groups excluding carboxylic acids is 1. The summed E-state index contributed by atoms with van der Waals surface area (Å²) in [5.41, 5.74) is -1.95. The molecule has 1 fully saturated rings. The normalized spacial score (nSPS) is 24.1. The molecule has 0 amide bonds. The summed E-state index contributed by atoms with van der Waals surface area (Å²) in [6.07, 6.45) is -3.37. The Morgan fingerprint density at radius 1 is 1.19 bits per heavy atom. The van der Waals surface area contributed by atoms with Crippen LogP contribution >= 0.6 is 0 Å². The van der Waals surface area contributed by atoms with Gasteiger partial charge in [-0.05, 0) is 42.5 Å². The highest BCUT2D eigenvalue weighted by atomic mass is 16.5. The van der Waals surface area contributed by atoms with Crippen LogP contribution < -0.4 is 9.47 Å². The Balaban J connectivity index is 1.71. The summed E-state index contributed by atoms with van der Waals surface area (Å²) in [7, 11) is 1.42. The number of hydrogen-bond donors (Lipinski definition) is 1. The number of β-amino-alcohol motifs (C(OH)–C–C–N with tert-alkyl or cyclic N) is 1. The van der Waals surface area contributed by atoms with Gasteiger partial charge >= 0.3 is 0 Å². The lowest BCUT2D eigenvalue weighted by atomic mass is 9.98. The molecule has 1 aliphatic rings.